The smallest absolute Gasteiger partial charge is 0.165 e. The predicted octanol–water partition coefficient (Wildman–Crippen LogP) is 2.76. The van der Waals surface area contributed by atoms with Gasteiger partial charge in [0.1, 0.15) is 11.6 Å². The molecule has 148 valence electrons. The maximum absolute atomic E-state index is 14.4. The van der Waals surface area contributed by atoms with Gasteiger partial charge in [0.25, 0.3) is 0 Å². The lowest BCUT2D eigenvalue weighted by molar-refractivity contribution is 0.158. The quantitative estimate of drug-likeness (QED) is 0.710. The summed E-state index contributed by atoms with van der Waals surface area (Å²) in [4.78, 5) is 9.51. The minimum atomic E-state index is -0.248. The van der Waals surface area contributed by atoms with Gasteiger partial charge in [0.15, 0.2) is 5.65 Å². The fourth-order valence-corrected chi connectivity index (χ4v) is 3.57. The minimum absolute atomic E-state index is 0.248. The second-order valence-corrected chi connectivity index (χ2v) is 7.38. The first-order valence-corrected chi connectivity index (χ1v) is 9.92. The Labute approximate surface area is 165 Å². The number of benzene rings is 1. The first kappa shape index (κ1) is 18.8. The van der Waals surface area contributed by atoms with Gasteiger partial charge in [-0.15, -0.1) is 0 Å². The minimum Gasteiger partial charge on any atom is -0.369 e. The average molecular weight is 382 g/mol. The maximum Gasteiger partial charge on any atom is 0.165 e. The summed E-state index contributed by atoms with van der Waals surface area (Å²) in [6.07, 6.45) is 4.42. The van der Waals surface area contributed by atoms with E-state index < -0.39 is 0 Å². The number of piperazine rings is 1. The van der Waals surface area contributed by atoms with E-state index in [4.69, 9.17) is 4.98 Å². The number of nitrogens with one attached hydrogen (secondary N) is 1. The summed E-state index contributed by atoms with van der Waals surface area (Å²) in [6.45, 7) is 8.32. The third-order valence-corrected chi connectivity index (χ3v) is 5.43. The van der Waals surface area contributed by atoms with E-state index >= 15 is 0 Å². The molecule has 2 aromatic heterocycles. The lowest BCUT2D eigenvalue weighted by atomic mass is 10.0. The largest absolute Gasteiger partial charge is 0.369 e. The fraction of sp³-hybridized carbons (Fsp3) is 0.429. The van der Waals surface area contributed by atoms with Gasteiger partial charge in [-0.05, 0) is 37.2 Å². The number of aromatic nitrogens is 3. The predicted molar refractivity (Wildman–Crippen MR) is 110 cm³/mol. The van der Waals surface area contributed by atoms with E-state index in [0.717, 1.165) is 62.6 Å². The van der Waals surface area contributed by atoms with E-state index in [1.807, 2.05) is 24.4 Å². The molecule has 0 radical (unpaired) electrons. The molecule has 7 heteroatoms. The molecule has 3 aromatic rings. The van der Waals surface area contributed by atoms with E-state index in [1.54, 1.807) is 10.7 Å². The van der Waals surface area contributed by atoms with E-state index in [2.05, 4.69) is 34.2 Å². The molecule has 0 spiro atoms. The normalized spacial score (nSPS) is 16.0. The van der Waals surface area contributed by atoms with Crippen LogP contribution in [0.4, 0.5) is 10.2 Å². The molecule has 0 aliphatic carbocycles. The summed E-state index contributed by atoms with van der Waals surface area (Å²) >= 11 is 0. The number of hydrogen-bond donors (Lipinski definition) is 1. The molecule has 3 heterocycles. The maximum atomic E-state index is 14.4. The van der Waals surface area contributed by atoms with Crippen LogP contribution in [0.3, 0.4) is 0 Å². The fourth-order valence-electron chi connectivity index (χ4n) is 3.57. The van der Waals surface area contributed by atoms with Crippen LogP contribution in [0.2, 0.25) is 0 Å². The summed E-state index contributed by atoms with van der Waals surface area (Å²) in [5.74, 6) is 0.540. The Morgan fingerprint density at radius 1 is 1.11 bits per heavy atom. The monoisotopic (exact) mass is 382 g/mol. The second-order valence-electron chi connectivity index (χ2n) is 7.38. The van der Waals surface area contributed by atoms with Gasteiger partial charge >= 0.3 is 0 Å². The van der Waals surface area contributed by atoms with Crippen LogP contribution in [-0.4, -0.2) is 70.7 Å². The second kappa shape index (κ2) is 8.24. The Morgan fingerprint density at radius 3 is 2.71 bits per heavy atom. The molecule has 1 aromatic carbocycles. The molecular formula is C21H27FN6. The molecule has 1 fully saturated rings. The summed E-state index contributed by atoms with van der Waals surface area (Å²) in [5, 5.41) is 7.74. The molecule has 4 rings (SSSR count). The lowest BCUT2D eigenvalue weighted by Gasteiger charge is -2.32. The van der Waals surface area contributed by atoms with Gasteiger partial charge in [0.05, 0.1) is 6.20 Å². The molecule has 6 nitrogen and oxygen atoms in total. The number of aryl methyl sites for hydroxylation is 1. The third kappa shape index (κ3) is 4.00. The highest BCUT2D eigenvalue weighted by molar-refractivity contribution is 5.78. The average Bonchev–Trinajstić information content (AvgIpc) is 3.13. The van der Waals surface area contributed by atoms with Gasteiger partial charge in [-0.2, -0.15) is 5.10 Å². The van der Waals surface area contributed by atoms with Crippen LogP contribution in [0.1, 0.15) is 12.5 Å². The van der Waals surface area contributed by atoms with Crippen LogP contribution in [0, 0.1) is 5.82 Å². The first-order valence-electron chi connectivity index (χ1n) is 9.92. The van der Waals surface area contributed by atoms with Gasteiger partial charge in [-0.1, -0.05) is 13.0 Å². The zero-order chi connectivity index (χ0) is 19.5. The zero-order valence-corrected chi connectivity index (χ0v) is 16.5. The van der Waals surface area contributed by atoms with E-state index in [-0.39, 0.29) is 5.82 Å². The van der Waals surface area contributed by atoms with Crippen molar-refractivity contribution < 1.29 is 4.39 Å². The van der Waals surface area contributed by atoms with Crippen molar-refractivity contribution in [2.75, 3.05) is 51.6 Å². The van der Waals surface area contributed by atoms with Crippen molar-refractivity contribution in [1.29, 1.82) is 0 Å². The van der Waals surface area contributed by atoms with Crippen molar-refractivity contribution in [2.45, 2.75) is 13.3 Å². The highest BCUT2D eigenvalue weighted by atomic mass is 19.1. The Bertz CT molecular complexity index is 945. The number of hydrogen-bond acceptors (Lipinski definition) is 5. The first-order chi connectivity index (χ1) is 13.6. The van der Waals surface area contributed by atoms with Crippen LogP contribution in [0.25, 0.3) is 16.8 Å². The molecule has 1 aliphatic heterocycles. The number of nitrogens with zero attached hydrogens (tertiary/aromatic N) is 5. The van der Waals surface area contributed by atoms with E-state index in [0.29, 0.717) is 11.2 Å². The van der Waals surface area contributed by atoms with Gasteiger partial charge in [0, 0.05) is 56.6 Å². The van der Waals surface area contributed by atoms with Gasteiger partial charge in [0.2, 0.25) is 0 Å². The number of fused-ring (bicyclic) bond motifs is 1. The molecular weight excluding hydrogens is 355 g/mol. The highest BCUT2D eigenvalue weighted by Crippen LogP contribution is 2.28. The van der Waals surface area contributed by atoms with Crippen molar-refractivity contribution in [2.24, 2.45) is 0 Å². The van der Waals surface area contributed by atoms with Crippen molar-refractivity contribution in [3.05, 3.63) is 48.0 Å². The summed E-state index contributed by atoms with van der Waals surface area (Å²) in [5.41, 5.74) is 3.03. The van der Waals surface area contributed by atoms with Crippen molar-refractivity contribution in [3.8, 4) is 11.1 Å². The van der Waals surface area contributed by atoms with E-state index in [1.165, 1.54) is 6.07 Å². The summed E-state index contributed by atoms with van der Waals surface area (Å²) in [6, 6.07) is 7.15. The standard InChI is InChI=1S/C21H27FN6/c1-3-16-4-5-19(22)17(14-16)18-15-24-28-8-6-20(25-21(18)28)23-7-9-27-12-10-26(2)11-13-27/h4-6,8,14-15H,3,7,9-13H2,1-2H3,(H,23,25). The van der Waals surface area contributed by atoms with Crippen LogP contribution in [-0.2, 0) is 6.42 Å². The van der Waals surface area contributed by atoms with Gasteiger partial charge in [-0.3, -0.25) is 4.90 Å². The Hall–Kier alpha value is -2.51. The Kier molecular flexibility index (Phi) is 5.54. The van der Waals surface area contributed by atoms with Crippen LogP contribution >= 0.6 is 0 Å². The number of rotatable bonds is 6. The number of anilines is 1. The SMILES string of the molecule is CCc1ccc(F)c(-c2cnn3ccc(NCCN4CCN(C)CC4)nc23)c1. The highest BCUT2D eigenvalue weighted by Gasteiger charge is 2.15. The number of likely N-dealkylation sites (N-methyl/N-ethyl adjacent to an activating group) is 1. The van der Waals surface area contributed by atoms with Crippen LogP contribution in [0.15, 0.2) is 36.7 Å². The van der Waals surface area contributed by atoms with Gasteiger partial charge < -0.3 is 10.2 Å². The molecule has 1 aliphatic rings. The van der Waals surface area contributed by atoms with E-state index in [9.17, 15) is 4.39 Å². The molecule has 28 heavy (non-hydrogen) atoms. The molecule has 0 atom stereocenters. The lowest BCUT2D eigenvalue weighted by Crippen LogP contribution is -2.45. The van der Waals surface area contributed by atoms with Crippen molar-refractivity contribution in [1.82, 2.24) is 24.4 Å². The summed E-state index contributed by atoms with van der Waals surface area (Å²) in [7, 11) is 2.16. The van der Waals surface area contributed by atoms with Crippen molar-refractivity contribution in [3.63, 3.8) is 0 Å². The summed E-state index contributed by atoms with van der Waals surface area (Å²) < 4.78 is 16.1. The molecule has 0 amide bonds. The molecule has 0 bridgehead atoms. The van der Waals surface area contributed by atoms with Crippen molar-refractivity contribution >= 4 is 11.5 Å². The van der Waals surface area contributed by atoms with Crippen LogP contribution in [0.5, 0.6) is 0 Å². The molecule has 0 unspecified atom stereocenters. The Morgan fingerprint density at radius 2 is 1.93 bits per heavy atom. The van der Waals surface area contributed by atoms with Crippen LogP contribution < -0.4 is 5.32 Å². The molecule has 1 N–H and O–H groups in total. The van der Waals surface area contributed by atoms with Gasteiger partial charge in [-0.25, -0.2) is 13.9 Å². The molecule has 1 saturated heterocycles. The number of halogens is 1. The third-order valence-electron chi connectivity index (χ3n) is 5.43. The molecule has 0 saturated carbocycles. The Balaban J connectivity index is 1.50. The topological polar surface area (TPSA) is 48.7 Å². The zero-order valence-electron chi connectivity index (χ0n) is 16.5.